The number of aromatic nitrogens is 3. The molecular weight excluding hydrogens is 218 g/mol. The van der Waals surface area contributed by atoms with Crippen LogP contribution in [0.3, 0.4) is 0 Å². The van der Waals surface area contributed by atoms with Crippen LogP contribution in [0.2, 0.25) is 0 Å². The average Bonchev–Trinajstić information content (AvgIpc) is 2.28. The normalized spacial score (nSPS) is 11.0. The molecule has 0 amide bonds. The molecule has 0 saturated heterocycles. The van der Waals surface area contributed by atoms with Gasteiger partial charge < -0.3 is 15.4 Å². The minimum atomic E-state index is 0.362. The molecule has 1 heterocycles. The van der Waals surface area contributed by atoms with E-state index in [2.05, 4.69) is 15.4 Å². The maximum Gasteiger partial charge on any atom is 0.290 e. The zero-order valence-corrected chi connectivity index (χ0v) is 9.92. The Labute approximate surface area is 99.5 Å². The summed E-state index contributed by atoms with van der Waals surface area (Å²) in [7, 11) is 3.97. The van der Waals surface area contributed by atoms with E-state index in [4.69, 9.17) is 0 Å². The molecule has 2 aromatic rings. The lowest BCUT2D eigenvalue weighted by Crippen LogP contribution is -2.34. The summed E-state index contributed by atoms with van der Waals surface area (Å²) in [6, 6.07) is 7.13. The topological polar surface area (TPSA) is 68.0 Å². The molecule has 0 fully saturated rings. The summed E-state index contributed by atoms with van der Waals surface area (Å²) < 4.78 is 0. The van der Waals surface area contributed by atoms with Crippen molar-refractivity contribution in [3.63, 3.8) is 0 Å². The number of nitrogens with one attached hydrogen (secondary N) is 1. The molecule has 0 saturated carbocycles. The molecule has 0 aliphatic heterocycles. The first-order valence-electron chi connectivity index (χ1n) is 5.42. The van der Waals surface area contributed by atoms with Crippen LogP contribution in [0, 0.1) is 5.21 Å². The zero-order valence-electron chi connectivity index (χ0n) is 9.92. The standard InChI is InChI=1S/C11H15N5O/c1-15(2)8-7-12-11-13-9-5-3-4-6-10(9)16(17)14-11/h3-6H,7-8H2,1-2H3,(H,12,13,14). The number of hydrogen-bond acceptors (Lipinski definition) is 5. The van der Waals surface area contributed by atoms with E-state index in [1.165, 1.54) is 0 Å². The molecule has 0 atom stereocenters. The summed E-state index contributed by atoms with van der Waals surface area (Å²) in [5.41, 5.74) is 1.12. The second-order valence-corrected chi connectivity index (χ2v) is 4.03. The molecule has 17 heavy (non-hydrogen) atoms. The minimum absolute atomic E-state index is 0.362. The molecule has 0 unspecified atom stereocenters. The number of para-hydroxylation sites is 2. The van der Waals surface area contributed by atoms with Crippen LogP contribution in [0.15, 0.2) is 24.3 Å². The Morgan fingerprint density at radius 1 is 1.35 bits per heavy atom. The Kier molecular flexibility index (Phi) is 3.34. The van der Waals surface area contributed by atoms with Gasteiger partial charge in [-0.2, -0.15) is 0 Å². The van der Waals surface area contributed by atoms with Crippen LogP contribution in [-0.2, 0) is 0 Å². The highest BCUT2D eigenvalue weighted by atomic mass is 16.5. The molecule has 0 aliphatic carbocycles. The van der Waals surface area contributed by atoms with Gasteiger partial charge in [-0.15, -0.1) is 0 Å². The maximum absolute atomic E-state index is 11.6. The van der Waals surface area contributed by atoms with Crippen LogP contribution in [0.4, 0.5) is 5.95 Å². The van der Waals surface area contributed by atoms with E-state index in [1.54, 1.807) is 18.2 Å². The minimum Gasteiger partial charge on any atom is -0.594 e. The Hall–Kier alpha value is -1.95. The van der Waals surface area contributed by atoms with Crippen molar-refractivity contribution in [1.29, 1.82) is 0 Å². The van der Waals surface area contributed by atoms with Crippen molar-refractivity contribution >= 4 is 17.0 Å². The first-order chi connectivity index (χ1) is 8.16. The summed E-state index contributed by atoms with van der Waals surface area (Å²) in [5, 5.41) is 18.5. The number of rotatable bonds is 4. The largest absolute Gasteiger partial charge is 0.594 e. The third-order valence-electron chi connectivity index (χ3n) is 2.34. The highest BCUT2D eigenvalue weighted by molar-refractivity contribution is 5.71. The van der Waals surface area contributed by atoms with Crippen LogP contribution in [0.1, 0.15) is 0 Å². The predicted molar refractivity (Wildman–Crippen MR) is 65.5 cm³/mol. The molecule has 6 heteroatoms. The third kappa shape index (κ3) is 2.79. The first kappa shape index (κ1) is 11.5. The Bertz CT molecular complexity index is 514. The van der Waals surface area contributed by atoms with Gasteiger partial charge in [0.1, 0.15) is 5.52 Å². The fourth-order valence-corrected chi connectivity index (χ4v) is 1.46. The smallest absolute Gasteiger partial charge is 0.290 e. The number of anilines is 1. The molecule has 0 bridgehead atoms. The van der Waals surface area contributed by atoms with Gasteiger partial charge in [0.2, 0.25) is 0 Å². The summed E-state index contributed by atoms with van der Waals surface area (Å²) in [6.45, 7) is 1.56. The van der Waals surface area contributed by atoms with Gasteiger partial charge in [0, 0.05) is 19.2 Å². The van der Waals surface area contributed by atoms with E-state index >= 15 is 0 Å². The van der Waals surface area contributed by atoms with Gasteiger partial charge in [-0.25, -0.2) is 4.98 Å². The molecule has 6 nitrogen and oxygen atoms in total. The zero-order chi connectivity index (χ0) is 12.3. The van der Waals surface area contributed by atoms with E-state index in [9.17, 15) is 5.21 Å². The quantitative estimate of drug-likeness (QED) is 0.605. The van der Waals surface area contributed by atoms with Crippen LogP contribution < -0.4 is 10.2 Å². The highest BCUT2D eigenvalue weighted by Gasteiger charge is 2.09. The lowest BCUT2D eigenvalue weighted by Gasteiger charge is -2.09. The molecular formula is C11H15N5O. The molecule has 0 aliphatic rings. The van der Waals surface area contributed by atoms with E-state index < -0.39 is 0 Å². The number of benzene rings is 1. The molecule has 2 rings (SSSR count). The van der Waals surface area contributed by atoms with Crippen LogP contribution in [0.5, 0.6) is 0 Å². The van der Waals surface area contributed by atoms with E-state index in [0.717, 1.165) is 6.54 Å². The van der Waals surface area contributed by atoms with Crippen LogP contribution >= 0.6 is 0 Å². The van der Waals surface area contributed by atoms with Gasteiger partial charge in [-0.1, -0.05) is 12.1 Å². The van der Waals surface area contributed by atoms with Gasteiger partial charge >= 0.3 is 0 Å². The monoisotopic (exact) mass is 233 g/mol. The van der Waals surface area contributed by atoms with E-state index in [1.807, 2.05) is 25.1 Å². The van der Waals surface area contributed by atoms with Crippen molar-refractivity contribution in [3.05, 3.63) is 29.5 Å². The Morgan fingerprint density at radius 2 is 2.12 bits per heavy atom. The lowest BCUT2D eigenvalue weighted by molar-refractivity contribution is -0.641. The fourth-order valence-electron chi connectivity index (χ4n) is 1.46. The van der Waals surface area contributed by atoms with Crippen LogP contribution in [0.25, 0.3) is 11.0 Å². The van der Waals surface area contributed by atoms with Crippen molar-refractivity contribution in [1.82, 2.24) is 15.0 Å². The van der Waals surface area contributed by atoms with Crippen molar-refractivity contribution in [2.24, 2.45) is 0 Å². The van der Waals surface area contributed by atoms with Crippen LogP contribution in [-0.4, -0.2) is 42.2 Å². The average molecular weight is 233 g/mol. The third-order valence-corrected chi connectivity index (χ3v) is 2.34. The number of fused-ring (bicyclic) bond motifs is 1. The predicted octanol–water partition coefficient (Wildman–Crippen LogP) is 0.237. The number of likely N-dealkylation sites (N-methyl/N-ethyl adjacent to an activating group) is 1. The van der Waals surface area contributed by atoms with Gasteiger partial charge in [0.15, 0.2) is 0 Å². The van der Waals surface area contributed by atoms with E-state index in [-0.39, 0.29) is 0 Å². The van der Waals surface area contributed by atoms with Gasteiger partial charge in [-0.3, -0.25) is 0 Å². The summed E-state index contributed by atoms with van der Waals surface area (Å²) >= 11 is 0. The maximum atomic E-state index is 11.6. The Morgan fingerprint density at radius 3 is 2.88 bits per heavy atom. The second-order valence-electron chi connectivity index (χ2n) is 4.03. The molecule has 0 spiro atoms. The SMILES string of the molecule is CN(C)CCNc1nc2ccccc2[n+]([O-])n1. The highest BCUT2D eigenvalue weighted by Crippen LogP contribution is 2.07. The number of nitrogens with zero attached hydrogens (tertiary/aromatic N) is 4. The summed E-state index contributed by atoms with van der Waals surface area (Å²) in [6.07, 6.45) is 0. The van der Waals surface area contributed by atoms with Crippen molar-refractivity contribution < 1.29 is 4.85 Å². The Balaban J connectivity index is 2.19. The van der Waals surface area contributed by atoms with Gasteiger partial charge in [0.05, 0.1) is 5.10 Å². The van der Waals surface area contributed by atoms with Crippen molar-refractivity contribution in [2.45, 2.75) is 0 Å². The lowest BCUT2D eigenvalue weighted by atomic mass is 10.3. The molecule has 0 radical (unpaired) electrons. The molecule has 1 N–H and O–H groups in total. The van der Waals surface area contributed by atoms with Crippen molar-refractivity contribution in [3.8, 4) is 0 Å². The van der Waals surface area contributed by atoms with Gasteiger partial charge in [0.25, 0.3) is 11.5 Å². The number of hydrogen-bond donors (Lipinski definition) is 1. The van der Waals surface area contributed by atoms with Crippen molar-refractivity contribution in [2.75, 3.05) is 32.5 Å². The fraction of sp³-hybridized carbons (Fsp3) is 0.364. The summed E-state index contributed by atoms with van der Waals surface area (Å²) in [5.74, 6) is 0.362. The first-order valence-corrected chi connectivity index (χ1v) is 5.42. The molecule has 1 aromatic carbocycles. The summed E-state index contributed by atoms with van der Waals surface area (Å²) in [4.78, 5) is 6.91. The van der Waals surface area contributed by atoms with E-state index in [0.29, 0.717) is 28.4 Å². The molecule has 1 aromatic heterocycles. The molecule has 90 valence electrons. The second kappa shape index (κ2) is 4.92. The van der Waals surface area contributed by atoms with Gasteiger partial charge in [-0.05, 0) is 25.0 Å².